The molecule has 0 radical (unpaired) electrons. The zero-order chi connectivity index (χ0) is 24.3. The lowest BCUT2D eigenvalue weighted by Gasteiger charge is -2.34. The summed E-state index contributed by atoms with van der Waals surface area (Å²) in [5, 5.41) is 11.4. The average Bonchev–Trinajstić information content (AvgIpc) is 3.58. The molecular formula is C26H30F2N6O. The molecule has 2 aliphatic heterocycles. The lowest BCUT2D eigenvalue weighted by molar-refractivity contribution is 0.00394. The molecule has 9 heteroatoms. The molecule has 2 N–H and O–H groups in total. The van der Waals surface area contributed by atoms with Gasteiger partial charge in [0, 0.05) is 41.9 Å². The molecule has 0 amide bonds. The van der Waals surface area contributed by atoms with Gasteiger partial charge in [0.2, 0.25) is 0 Å². The molecule has 1 aliphatic carbocycles. The van der Waals surface area contributed by atoms with Crippen molar-refractivity contribution in [2.45, 2.75) is 76.6 Å². The van der Waals surface area contributed by atoms with Crippen LogP contribution in [0.3, 0.4) is 0 Å². The molecule has 3 aromatic rings. The van der Waals surface area contributed by atoms with E-state index in [4.69, 9.17) is 14.7 Å². The van der Waals surface area contributed by atoms with Crippen LogP contribution >= 0.6 is 0 Å². The molecule has 3 unspecified atom stereocenters. The van der Waals surface area contributed by atoms with Crippen molar-refractivity contribution in [1.82, 2.24) is 19.7 Å². The van der Waals surface area contributed by atoms with E-state index in [9.17, 15) is 4.39 Å². The van der Waals surface area contributed by atoms with Gasteiger partial charge in [0.1, 0.15) is 28.8 Å². The molecule has 2 aromatic heterocycles. The first-order valence-corrected chi connectivity index (χ1v) is 12.4. The van der Waals surface area contributed by atoms with Gasteiger partial charge in [-0.1, -0.05) is 0 Å². The van der Waals surface area contributed by atoms with Crippen LogP contribution in [0.5, 0.6) is 0 Å². The maximum Gasteiger partial charge on any atom is 0.154 e. The summed E-state index contributed by atoms with van der Waals surface area (Å²) >= 11 is 0. The second kappa shape index (κ2) is 8.55. The van der Waals surface area contributed by atoms with Crippen LogP contribution < -0.4 is 10.6 Å². The molecule has 0 bridgehead atoms. The molecular weight excluding hydrogens is 450 g/mol. The molecule has 2 fully saturated rings. The van der Waals surface area contributed by atoms with Crippen LogP contribution in [-0.2, 0) is 4.74 Å². The molecule has 184 valence electrons. The molecule has 1 aromatic carbocycles. The van der Waals surface area contributed by atoms with Crippen molar-refractivity contribution >= 4 is 11.5 Å². The van der Waals surface area contributed by atoms with E-state index in [-0.39, 0.29) is 35.2 Å². The van der Waals surface area contributed by atoms with Crippen molar-refractivity contribution in [3.63, 3.8) is 0 Å². The number of nitrogens with one attached hydrogen (secondary N) is 2. The zero-order valence-corrected chi connectivity index (χ0v) is 20.2. The van der Waals surface area contributed by atoms with Crippen molar-refractivity contribution in [3.05, 3.63) is 53.1 Å². The molecule has 1 saturated heterocycles. The average molecular weight is 481 g/mol. The van der Waals surface area contributed by atoms with Crippen LogP contribution in [0, 0.1) is 18.6 Å². The van der Waals surface area contributed by atoms with Crippen molar-refractivity contribution in [2.24, 2.45) is 0 Å². The van der Waals surface area contributed by atoms with E-state index >= 15 is 4.39 Å². The van der Waals surface area contributed by atoms with Gasteiger partial charge in [-0.25, -0.2) is 18.7 Å². The summed E-state index contributed by atoms with van der Waals surface area (Å²) < 4.78 is 37.7. The third-order valence-corrected chi connectivity index (χ3v) is 7.48. The fraction of sp³-hybridized carbons (Fsp3) is 0.500. The van der Waals surface area contributed by atoms with E-state index < -0.39 is 11.6 Å². The molecule has 4 atom stereocenters. The molecule has 3 aliphatic rings. The van der Waals surface area contributed by atoms with Gasteiger partial charge in [0.15, 0.2) is 5.82 Å². The maximum atomic E-state index is 15.1. The number of halogens is 2. The molecule has 35 heavy (non-hydrogen) atoms. The maximum absolute atomic E-state index is 15.1. The zero-order valence-electron chi connectivity index (χ0n) is 20.2. The molecule has 0 spiro atoms. The second-order valence-electron chi connectivity index (χ2n) is 10.2. The minimum absolute atomic E-state index is 0.0249. The highest BCUT2D eigenvalue weighted by molar-refractivity contribution is 5.84. The van der Waals surface area contributed by atoms with E-state index in [0.29, 0.717) is 42.1 Å². The summed E-state index contributed by atoms with van der Waals surface area (Å²) in [6.45, 7) is 6.23. The van der Waals surface area contributed by atoms with Gasteiger partial charge in [-0.05, 0) is 64.2 Å². The topological polar surface area (TPSA) is 76.9 Å². The van der Waals surface area contributed by atoms with Gasteiger partial charge in [0.25, 0.3) is 0 Å². The van der Waals surface area contributed by atoms with Crippen LogP contribution in [0.1, 0.15) is 74.5 Å². The van der Waals surface area contributed by atoms with E-state index in [1.54, 1.807) is 6.92 Å². The summed E-state index contributed by atoms with van der Waals surface area (Å²) in [5.74, 6) is 0.316. The molecule has 6 rings (SSSR count). The molecule has 4 heterocycles. The third kappa shape index (κ3) is 4.16. The Morgan fingerprint density at radius 3 is 2.63 bits per heavy atom. The Bertz CT molecular complexity index is 1270. The normalized spacial score (nSPS) is 26.1. The Kier molecular flexibility index (Phi) is 5.47. The Hall–Kier alpha value is -3.07. The number of hydrogen-bond donors (Lipinski definition) is 2. The lowest BCUT2D eigenvalue weighted by Crippen LogP contribution is -2.40. The number of fused-ring (bicyclic) bond motifs is 1. The predicted molar refractivity (Wildman–Crippen MR) is 129 cm³/mol. The quantitative estimate of drug-likeness (QED) is 0.513. The van der Waals surface area contributed by atoms with Crippen LogP contribution in [0.25, 0.3) is 11.3 Å². The Morgan fingerprint density at radius 2 is 1.83 bits per heavy atom. The number of benzene rings is 1. The number of rotatable bonds is 4. The summed E-state index contributed by atoms with van der Waals surface area (Å²) in [6, 6.07) is 3.17. The predicted octanol–water partition coefficient (Wildman–Crippen LogP) is 5.51. The van der Waals surface area contributed by atoms with Crippen molar-refractivity contribution < 1.29 is 13.5 Å². The number of ether oxygens (including phenoxy) is 1. The minimum atomic E-state index is -0.499. The van der Waals surface area contributed by atoms with E-state index in [2.05, 4.69) is 28.9 Å². The second-order valence-corrected chi connectivity index (χ2v) is 10.2. The Morgan fingerprint density at radius 1 is 1.03 bits per heavy atom. The Labute approximate surface area is 203 Å². The van der Waals surface area contributed by atoms with Gasteiger partial charge < -0.3 is 15.4 Å². The highest BCUT2D eigenvalue weighted by Crippen LogP contribution is 2.42. The Balaban J connectivity index is 1.38. The van der Waals surface area contributed by atoms with Gasteiger partial charge in [-0.3, -0.25) is 4.68 Å². The minimum Gasteiger partial charge on any atom is -0.376 e. The highest BCUT2D eigenvalue weighted by Gasteiger charge is 2.33. The number of nitrogens with zero attached hydrogens (tertiary/aromatic N) is 4. The number of aryl methyl sites for hydroxylation is 1. The van der Waals surface area contributed by atoms with Gasteiger partial charge in [-0.15, -0.1) is 0 Å². The van der Waals surface area contributed by atoms with E-state index in [1.165, 1.54) is 25.0 Å². The first-order valence-electron chi connectivity index (χ1n) is 12.4. The largest absolute Gasteiger partial charge is 0.376 e. The number of aromatic nitrogens is 4. The number of hydrogen-bond acceptors (Lipinski definition) is 6. The number of anilines is 2. The van der Waals surface area contributed by atoms with Gasteiger partial charge in [0.05, 0.1) is 18.3 Å². The fourth-order valence-electron chi connectivity index (χ4n) is 4.94. The first-order chi connectivity index (χ1) is 16.9. The molecule has 7 nitrogen and oxygen atoms in total. The van der Waals surface area contributed by atoms with E-state index in [1.807, 2.05) is 17.8 Å². The third-order valence-electron chi connectivity index (χ3n) is 7.48. The van der Waals surface area contributed by atoms with Gasteiger partial charge >= 0.3 is 0 Å². The SMILES string of the molecule is Cc1cc(F)c(-c2nc(C3CCO[C@@H](c4cnn(C5CC5)c4)C3)nc3c2NC(C)C(C)N3)cc1F. The lowest BCUT2D eigenvalue weighted by atomic mass is 9.92. The first kappa shape index (κ1) is 22.4. The fourth-order valence-corrected chi connectivity index (χ4v) is 4.94. The highest BCUT2D eigenvalue weighted by atomic mass is 19.1. The standard InChI is InChI=1S/C26H30F2N6O/c1-13-8-21(28)19(10-20(13)27)23-24-26(31-15(3)14(2)30-24)33-25(32-23)16-6-7-35-22(9-16)17-11-29-34(12-17)18-4-5-18/h8,10-12,14-16,18,22,30H,4-7,9H2,1-3H3,(H,31,32,33)/t14?,15?,16?,22-/m1/s1. The van der Waals surface area contributed by atoms with Crippen LogP contribution in [0.4, 0.5) is 20.3 Å². The molecule has 1 saturated carbocycles. The smallest absolute Gasteiger partial charge is 0.154 e. The van der Waals surface area contributed by atoms with Crippen LogP contribution in [-0.4, -0.2) is 38.4 Å². The van der Waals surface area contributed by atoms with Crippen molar-refractivity contribution in [1.29, 1.82) is 0 Å². The van der Waals surface area contributed by atoms with Crippen LogP contribution in [0.15, 0.2) is 24.5 Å². The van der Waals surface area contributed by atoms with E-state index in [0.717, 1.165) is 12.0 Å². The van der Waals surface area contributed by atoms with Crippen molar-refractivity contribution in [2.75, 3.05) is 17.2 Å². The summed E-state index contributed by atoms with van der Waals surface area (Å²) in [6.07, 6.45) is 7.70. The van der Waals surface area contributed by atoms with Crippen LogP contribution in [0.2, 0.25) is 0 Å². The monoisotopic (exact) mass is 480 g/mol. The summed E-state index contributed by atoms with van der Waals surface area (Å²) in [5.41, 5.74) is 2.46. The summed E-state index contributed by atoms with van der Waals surface area (Å²) in [4.78, 5) is 9.72. The summed E-state index contributed by atoms with van der Waals surface area (Å²) in [7, 11) is 0. The van der Waals surface area contributed by atoms with Gasteiger partial charge in [-0.2, -0.15) is 5.10 Å². The van der Waals surface area contributed by atoms with Crippen molar-refractivity contribution in [3.8, 4) is 11.3 Å².